The summed E-state index contributed by atoms with van der Waals surface area (Å²) in [7, 11) is 0. The highest BCUT2D eigenvalue weighted by Crippen LogP contribution is 2.36. The predicted molar refractivity (Wildman–Crippen MR) is 83.2 cm³/mol. The molecule has 1 fully saturated rings. The number of thioether (sulfide) groups is 1. The number of esters is 1. The van der Waals surface area contributed by atoms with Gasteiger partial charge in [-0.1, -0.05) is 0 Å². The smallest absolute Gasteiger partial charge is 0.308 e. The first-order valence-corrected chi connectivity index (χ1v) is 8.43. The highest BCUT2D eigenvalue weighted by Gasteiger charge is 2.36. The van der Waals surface area contributed by atoms with Crippen molar-refractivity contribution >= 4 is 17.7 Å². The van der Waals surface area contributed by atoms with Gasteiger partial charge in [-0.3, -0.25) is 4.79 Å². The van der Waals surface area contributed by atoms with Crippen LogP contribution in [0.2, 0.25) is 0 Å². The van der Waals surface area contributed by atoms with Gasteiger partial charge in [-0.2, -0.15) is 5.26 Å². The van der Waals surface area contributed by atoms with Crippen molar-refractivity contribution in [2.45, 2.75) is 43.2 Å². The molecule has 1 aromatic rings. The van der Waals surface area contributed by atoms with Crippen molar-refractivity contribution in [2.75, 3.05) is 12.4 Å². The third-order valence-corrected chi connectivity index (χ3v) is 5.09. The van der Waals surface area contributed by atoms with Gasteiger partial charge in [0.1, 0.15) is 0 Å². The molecule has 0 aromatic carbocycles. The molecule has 0 atom stereocenters. The van der Waals surface area contributed by atoms with Crippen molar-refractivity contribution in [3.63, 3.8) is 0 Å². The van der Waals surface area contributed by atoms with Crippen molar-refractivity contribution in [1.82, 2.24) is 4.98 Å². The van der Waals surface area contributed by atoms with Crippen LogP contribution >= 0.6 is 11.8 Å². The van der Waals surface area contributed by atoms with Gasteiger partial charge in [0, 0.05) is 11.9 Å². The second-order valence-corrected chi connectivity index (χ2v) is 6.53. The zero-order chi connectivity index (χ0) is 16.0. The van der Waals surface area contributed by atoms with E-state index in [0.29, 0.717) is 43.6 Å². The maximum atomic E-state index is 11.7. The van der Waals surface area contributed by atoms with E-state index in [1.165, 1.54) is 11.8 Å². The summed E-state index contributed by atoms with van der Waals surface area (Å²) in [6.07, 6.45) is 4.08. The van der Waals surface area contributed by atoms with Gasteiger partial charge in [0.25, 0.3) is 0 Å². The number of aliphatic hydroxyl groups is 1. The maximum Gasteiger partial charge on any atom is 0.308 e. The van der Waals surface area contributed by atoms with Crippen molar-refractivity contribution in [1.29, 1.82) is 5.26 Å². The molecule has 1 saturated carbocycles. The zero-order valence-electron chi connectivity index (χ0n) is 12.6. The first-order valence-electron chi connectivity index (χ1n) is 7.44. The Bertz CT molecular complexity index is 563. The normalized spacial score (nSPS) is 24.5. The topological polar surface area (TPSA) is 83.2 Å². The Balaban J connectivity index is 1.86. The lowest BCUT2D eigenvalue weighted by atomic mass is 9.80. The fourth-order valence-electron chi connectivity index (χ4n) is 2.56. The molecule has 0 aliphatic heterocycles. The minimum absolute atomic E-state index is 0.0923. The molecular weight excluding hydrogens is 300 g/mol. The first-order chi connectivity index (χ1) is 10.6. The number of hydrogen-bond donors (Lipinski definition) is 1. The molecule has 2 rings (SSSR count). The van der Waals surface area contributed by atoms with E-state index in [9.17, 15) is 9.90 Å². The van der Waals surface area contributed by atoms with Crippen LogP contribution in [0.1, 0.15) is 38.2 Å². The van der Waals surface area contributed by atoms with E-state index in [-0.39, 0.29) is 11.9 Å². The molecule has 1 heterocycles. The molecule has 0 unspecified atom stereocenters. The first kappa shape index (κ1) is 16.8. The molecule has 5 nitrogen and oxygen atoms in total. The molecule has 0 amide bonds. The summed E-state index contributed by atoms with van der Waals surface area (Å²) in [6, 6.07) is 5.45. The fourth-order valence-corrected chi connectivity index (χ4v) is 3.61. The average Bonchev–Trinajstić information content (AvgIpc) is 2.54. The number of carbonyl (C=O) groups excluding carboxylic acids is 1. The molecule has 1 aliphatic rings. The summed E-state index contributed by atoms with van der Waals surface area (Å²) in [6.45, 7) is 2.20. The number of aromatic nitrogens is 1. The highest BCUT2D eigenvalue weighted by molar-refractivity contribution is 7.99. The van der Waals surface area contributed by atoms with Crippen LogP contribution in [-0.2, 0) is 9.53 Å². The Morgan fingerprint density at radius 1 is 1.59 bits per heavy atom. The van der Waals surface area contributed by atoms with Gasteiger partial charge in [-0.05, 0) is 44.7 Å². The van der Waals surface area contributed by atoms with Gasteiger partial charge in [0.05, 0.1) is 34.8 Å². The lowest BCUT2D eigenvalue weighted by Crippen LogP contribution is -2.38. The minimum Gasteiger partial charge on any atom is -0.466 e. The Hall–Kier alpha value is -1.58. The van der Waals surface area contributed by atoms with E-state index < -0.39 is 5.60 Å². The van der Waals surface area contributed by atoms with Crippen molar-refractivity contribution in [3.05, 3.63) is 23.9 Å². The summed E-state index contributed by atoms with van der Waals surface area (Å²) in [5.41, 5.74) is -0.214. The van der Waals surface area contributed by atoms with Crippen LogP contribution in [0, 0.1) is 17.2 Å². The highest BCUT2D eigenvalue weighted by atomic mass is 32.2. The van der Waals surface area contributed by atoms with Crippen LogP contribution in [0.25, 0.3) is 0 Å². The third-order valence-electron chi connectivity index (χ3n) is 3.89. The molecule has 1 aromatic heterocycles. The Kier molecular flexibility index (Phi) is 5.81. The molecule has 0 spiro atoms. The molecule has 1 aliphatic carbocycles. The molecule has 118 valence electrons. The Morgan fingerprint density at radius 3 is 2.95 bits per heavy atom. The van der Waals surface area contributed by atoms with E-state index in [4.69, 9.17) is 10.00 Å². The van der Waals surface area contributed by atoms with E-state index in [2.05, 4.69) is 11.1 Å². The van der Waals surface area contributed by atoms with Crippen LogP contribution in [-0.4, -0.2) is 34.0 Å². The fraction of sp³-hybridized carbons (Fsp3) is 0.562. The summed E-state index contributed by atoms with van der Waals surface area (Å²) >= 11 is 1.45. The average molecular weight is 320 g/mol. The lowest BCUT2D eigenvalue weighted by molar-refractivity contribution is -0.150. The van der Waals surface area contributed by atoms with Crippen molar-refractivity contribution in [2.24, 2.45) is 5.92 Å². The van der Waals surface area contributed by atoms with Crippen molar-refractivity contribution < 1.29 is 14.6 Å². The van der Waals surface area contributed by atoms with E-state index >= 15 is 0 Å². The van der Waals surface area contributed by atoms with Gasteiger partial charge in [-0.25, -0.2) is 4.98 Å². The number of rotatable bonds is 5. The van der Waals surface area contributed by atoms with Crippen LogP contribution < -0.4 is 0 Å². The zero-order valence-corrected chi connectivity index (χ0v) is 13.4. The van der Waals surface area contributed by atoms with E-state index in [0.717, 1.165) is 5.03 Å². The number of hydrogen-bond acceptors (Lipinski definition) is 6. The van der Waals surface area contributed by atoms with Gasteiger partial charge < -0.3 is 9.84 Å². The van der Waals surface area contributed by atoms with Crippen LogP contribution in [0.5, 0.6) is 0 Å². The lowest BCUT2D eigenvalue weighted by Gasteiger charge is -2.34. The SMILES string of the molecule is CCOC(=O)C1CCC(O)(CSc2cc(C#N)ccn2)CC1. The van der Waals surface area contributed by atoms with Gasteiger partial charge in [-0.15, -0.1) is 11.8 Å². The van der Waals surface area contributed by atoms with Gasteiger partial charge in [0.15, 0.2) is 0 Å². The molecule has 0 bridgehead atoms. The number of nitrogens with zero attached hydrogens (tertiary/aromatic N) is 2. The molecule has 22 heavy (non-hydrogen) atoms. The van der Waals surface area contributed by atoms with Crippen LogP contribution in [0.4, 0.5) is 0 Å². The second kappa shape index (κ2) is 7.61. The molecule has 1 N–H and O–H groups in total. The predicted octanol–water partition coefficient (Wildman–Crippen LogP) is 2.53. The van der Waals surface area contributed by atoms with Crippen molar-refractivity contribution in [3.8, 4) is 6.07 Å². The monoisotopic (exact) mass is 320 g/mol. The van der Waals surface area contributed by atoms with E-state index in [1.807, 2.05) is 0 Å². The molecule has 0 radical (unpaired) electrons. The van der Waals surface area contributed by atoms with Crippen LogP contribution in [0.3, 0.4) is 0 Å². The minimum atomic E-state index is -0.780. The number of nitriles is 1. The molecular formula is C16H20N2O3S. The Morgan fingerprint density at radius 2 is 2.32 bits per heavy atom. The Labute approximate surface area is 134 Å². The molecule has 6 heteroatoms. The molecule has 0 saturated heterocycles. The third kappa shape index (κ3) is 4.46. The summed E-state index contributed by atoms with van der Waals surface area (Å²) < 4.78 is 5.04. The second-order valence-electron chi connectivity index (χ2n) is 5.53. The van der Waals surface area contributed by atoms with E-state index in [1.54, 1.807) is 25.3 Å². The summed E-state index contributed by atoms with van der Waals surface area (Å²) in [5, 5.41) is 20.2. The number of ether oxygens (including phenoxy) is 1. The summed E-state index contributed by atoms with van der Waals surface area (Å²) in [4.78, 5) is 15.9. The standard InChI is InChI=1S/C16H20N2O3S/c1-2-21-15(19)13-3-6-16(20,7-4-13)11-22-14-9-12(10-17)5-8-18-14/h5,8-9,13,20H,2-4,6-7,11H2,1H3. The largest absolute Gasteiger partial charge is 0.466 e. The quantitative estimate of drug-likeness (QED) is 0.663. The van der Waals surface area contributed by atoms with Crippen LogP contribution in [0.15, 0.2) is 23.4 Å². The number of pyridine rings is 1. The maximum absolute atomic E-state index is 11.7. The van der Waals surface area contributed by atoms with Gasteiger partial charge >= 0.3 is 5.97 Å². The number of carbonyl (C=O) groups is 1. The van der Waals surface area contributed by atoms with Gasteiger partial charge in [0.2, 0.25) is 0 Å². The summed E-state index contributed by atoms with van der Waals surface area (Å²) in [5.74, 6) is 0.274.